The zero-order chi connectivity index (χ0) is 24.3. The summed E-state index contributed by atoms with van der Waals surface area (Å²) >= 11 is 0. The molecule has 2 rings (SSSR count). The number of aryl methyl sites for hydroxylation is 2. The Morgan fingerprint density at radius 1 is 0.618 bits per heavy atom. The van der Waals surface area contributed by atoms with E-state index >= 15 is 0 Å². The fourth-order valence-electron chi connectivity index (χ4n) is 4.35. The van der Waals surface area contributed by atoms with Gasteiger partial charge in [0.15, 0.2) is 6.10 Å². The number of para-hydroxylation sites is 2. The van der Waals surface area contributed by atoms with Crippen LogP contribution in [0.3, 0.4) is 0 Å². The van der Waals surface area contributed by atoms with Gasteiger partial charge >= 0.3 is 0 Å². The highest BCUT2D eigenvalue weighted by Gasteiger charge is 2.14. The minimum absolute atomic E-state index is 0.0645. The van der Waals surface area contributed by atoms with Gasteiger partial charge in [-0.2, -0.15) is 0 Å². The Kier molecular flexibility index (Phi) is 15.2. The molecule has 2 aromatic rings. The van der Waals surface area contributed by atoms with Crippen LogP contribution >= 0.6 is 0 Å². The van der Waals surface area contributed by atoms with Crippen molar-refractivity contribution in [3.63, 3.8) is 0 Å². The van der Waals surface area contributed by atoms with Gasteiger partial charge in [0, 0.05) is 0 Å². The van der Waals surface area contributed by atoms with Crippen LogP contribution in [-0.4, -0.2) is 24.4 Å². The highest BCUT2D eigenvalue weighted by molar-refractivity contribution is 5.34. The molecule has 3 nitrogen and oxygen atoms in total. The van der Waals surface area contributed by atoms with Gasteiger partial charge in [0.25, 0.3) is 0 Å². The molecule has 34 heavy (non-hydrogen) atoms. The summed E-state index contributed by atoms with van der Waals surface area (Å²) in [5, 5.41) is 9.96. The fraction of sp³-hybridized carbons (Fsp3) is 0.613. The number of hydrogen-bond donors (Lipinski definition) is 1. The van der Waals surface area contributed by atoms with Crippen molar-refractivity contribution in [2.24, 2.45) is 0 Å². The average molecular weight is 469 g/mol. The zero-order valence-corrected chi connectivity index (χ0v) is 21.8. The Morgan fingerprint density at radius 2 is 1.09 bits per heavy atom. The highest BCUT2D eigenvalue weighted by Crippen LogP contribution is 2.24. The maximum atomic E-state index is 9.96. The molecule has 0 fully saturated rings. The molecular weight excluding hydrogens is 420 g/mol. The van der Waals surface area contributed by atoms with Crippen LogP contribution in [0.15, 0.2) is 48.5 Å². The molecular formula is C31H48O3. The van der Waals surface area contributed by atoms with E-state index in [2.05, 4.69) is 38.1 Å². The van der Waals surface area contributed by atoms with Crippen molar-refractivity contribution in [2.45, 2.75) is 110 Å². The summed E-state index contributed by atoms with van der Waals surface area (Å²) in [5.41, 5.74) is 2.47. The van der Waals surface area contributed by atoms with Gasteiger partial charge < -0.3 is 14.6 Å². The highest BCUT2D eigenvalue weighted by atomic mass is 16.5. The van der Waals surface area contributed by atoms with E-state index in [0.717, 1.165) is 24.3 Å². The molecule has 0 aliphatic heterocycles. The van der Waals surface area contributed by atoms with Crippen LogP contribution in [0, 0.1) is 0 Å². The lowest BCUT2D eigenvalue weighted by Crippen LogP contribution is -2.29. The van der Waals surface area contributed by atoms with Crippen LogP contribution in [-0.2, 0) is 12.8 Å². The maximum Gasteiger partial charge on any atom is 0.155 e. The van der Waals surface area contributed by atoms with Crippen LogP contribution in [0.5, 0.6) is 11.5 Å². The second-order valence-electron chi connectivity index (χ2n) is 9.48. The Bertz CT molecular complexity index is 758. The average Bonchev–Trinajstić information content (AvgIpc) is 2.87. The first kappa shape index (κ1) is 28.2. The SMILES string of the molecule is CCCCCCCCc1ccccc1OCC(CO)Oc1ccccc1CCCCCCCC. The van der Waals surface area contributed by atoms with E-state index in [9.17, 15) is 5.11 Å². The summed E-state index contributed by atoms with van der Waals surface area (Å²) in [6.07, 6.45) is 17.1. The van der Waals surface area contributed by atoms with Gasteiger partial charge in [0.2, 0.25) is 0 Å². The van der Waals surface area contributed by atoms with E-state index in [1.54, 1.807) is 0 Å². The van der Waals surface area contributed by atoms with Gasteiger partial charge in [0.05, 0.1) is 6.61 Å². The standard InChI is InChI=1S/C31H48O3/c1-3-5-7-9-11-13-19-27-21-15-17-23-30(27)33-26-29(25-32)34-31-24-18-16-22-28(31)20-14-12-10-8-6-4-2/h15-18,21-24,29,32H,3-14,19-20,25-26H2,1-2H3. The fourth-order valence-corrected chi connectivity index (χ4v) is 4.35. The third-order valence-corrected chi connectivity index (χ3v) is 6.47. The molecule has 3 heteroatoms. The van der Waals surface area contributed by atoms with Gasteiger partial charge in [-0.25, -0.2) is 0 Å². The molecule has 190 valence electrons. The van der Waals surface area contributed by atoms with Crippen LogP contribution in [0.2, 0.25) is 0 Å². The summed E-state index contributed by atoms with van der Waals surface area (Å²) in [7, 11) is 0. The molecule has 0 saturated heterocycles. The first-order valence-electron chi connectivity index (χ1n) is 13.8. The van der Waals surface area contributed by atoms with Crippen molar-refractivity contribution in [3.8, 4) is 11.5 Å². The molecule has 1 atom stereocenters. The second-order valence-corrected chi connectivity index (χ2v) is 9.48. The van der Waals surface area contributed by atoms with Crippen LogP contribution in [0.25, 0.3) is 0 Å². The number of hydrogen-bond acceptors (Lipinski definition) is 3. The minimum atomic E-state index is -0.382. The molecule has 1 N–H and O–H groups in total. The smallest absolute Gasteiger partial charge is 0.155 e. The summed E-state index contributed by atoms with van der Waals surface area (Å²) in [5.74, 6) is 1.79. The normalized spacial score (nSPS) is 12.0. The van der Waals surface area contributed by atoms with E-state index in [4.69, 9.17) is 9.47 Å². The van der Waals surface area contributed by atoms with Crippen molar-refractivity contribution in [1.29, 1.82) is 0 Å². The lowest BCUT2D eigenvalue weighted by molar-refractivity contribution is 0.0707. The quantitative estimate of drug-likeness (QED) is 0.199. The largest absolute Gasteiger partial charge is 0.489 e. The zero-order valence-electron chi connectivity index (χ0n) is 21.8. The Morgan fingerprint density at radius 3 is 1.65 bits per heavy atom. The molecule has 0 aliphatic rings. The minimum Gasteiger partial charge on any atom is -0.489 e. The monoisotopic (exact) mass is 468 g/mol. The van der Waals surface area contributed by atoms with E-state index in [1.807, 2.05) is 24.3 Å². The van der Waals surface area contributed by atoms with E-state index < -0.39 is 0 Å². The summed E-state index contributed by atoms with van der Waals surface area (Å²) < 4.78 is 12.4. The van der Waals surface area contributed by atoms with E-state index in [-0.39, 0.29) is 12.7 Å². The van der Waals surface area contributed by atoms with Crippen molar-refractivity contribution in [2.75, 3.05) is 13.2 Å². The predicted octanol–water partition coefficient (Wildman–Crippen LogP) is 8.31. The van der Waals surface area contributed by atoms with Crippen molar-refractivity contribution >= 4 is 0 Å². The lowest BCUT2D eigenvalue weighted by Gasteiger charge is -2.20. The Balaban J connectivity index is 1.83. The summed E-state index contributed by atoms with van der Waals surface area (Å²) in [6, 6.07) is 16.5. The maximum absolute atomic E-state index is 9.96. The Labute approximate surface area is 208 Å². The first-order valence-corrected chi connectivity index (χ1v) is 13.8. The molecule has 0 radical (unpaired) electrons. The summed E-state index contributed by atoms with van der Waals surface area (Å²) in [4.78, 5) is 0. The number of aliphatic hydroxyl groups excluding tert-OH is 1. The number of unbranched alkanes of at least 4 members (excludes halogenated alkanes) is 10. The molecule has 0 saturated carbocycles. The molecule has 2 aromatic carbocycles. The van der Waals surface area contributed by atoms with Gasteiger partial charge in [-0.1, -0.05) is 114 Å². The topological polar surface area (TPSA) is 38.7 Å². The number of benzene rings is 2. The summed E-state index contributed by atoms with van der Waals surface area (Å²) in [6.45, 7) is 4.79. The molecule has 0 spiro atoms. The van der Waals surface area contributed by atoms with Crippen LogP contribution in [0.4, 0.5) is 0 Å². The van der Waals surface area contributed by atoms with Crippen molar-refractivity contribution in [1.82, 2.24) is 0 Å². The molecule has 0 aromatic heterocycles. The van der Waals surface area contributed by atoms with Gasteiger partial charge in [0.1, 0.15) is 18.1 Å². The van der Waals surface area contributed by atoms with Gasteiger partial charge in [-0.15, -0.1) is 0 Å². The van der Waals surface area contributed by atoms with E-state index in [0.29, 0.717) is 6.61 Å². The third kappa shape index (κ3) is 11.4. The number of aliphatic hydroxyl groups is 1. The lowest BCUT2D eigenvalue weighted by atomic mass is 10.0. The van der Waals surface area contributed by atoms with Gasteiger partial charge in [-0.05, 0) is 48.9 Å². The predicted molar refractivity (Wildman–Crippen MR) is 144 cm³/mol. The first-order chi connectivity index (χ1) is 16.8. The van der Waals surface area contributed by atoms with E-state index in [1.165, 1.54) is 88.2 Å². The molecule has 0 heterocycles. The molecule has 0 aliphatic carbocycles. The number of ether oxygens (including phenoxy) is 2. The van der Waals surface area contributed by atoms with Gasteiger partial charge in [-0.3, -0.25) is 0 Å². The van der Waals surface area contributed by atoms with Crippen LogP contribution < -0.4 is 9.47 Å². The second kappa shape index (κ2) is 18.3. The molecule has 0 bridgehead atoms. The van der Waals surface area contributed by atoms with Crippen molar-refractivity contribution < 1.29 is 14.6 Å². The third-order valence-electron chi connectivity index (χ3n) is 6.47. The molecule has 1 unspecified atom stereocenters. The van der Waals surface area contributed by atoms with Crippen molar-refractivity contribution in [3.05, 3.63) is 59.7 Å². The molecule has 0 amide bonds. The Hall–Kier alpha value is -2.00. The number of rotatable bonds is 20. The van der Waals surface area contributed by atoms with Crippen LogP contribution in [0.1, 0.15) is 102 Å².